The molecule has 1 aromatic rings. The second kappa shape index (κ2) is 7.46. The molecule has 1 aliphatic heterocycles. The first kappa shape index (κ1) is 15.8. The van der Waals surface area contributed by atoms with Gasteiger partial charge in [0, 0.05) is 18.2 Å². The fourth-order valence-corrected chi connectivity index (χ4v) is 2.79. The minimum absolute atomic E-state index is 0.0959. The SMILES string of the molecule is CCCCOc1ccc(C(=O)N2CC(CN)CC2C)cc1. The highest BCUT2D eigenvalue weighted by atomic mass is 16.5. The summed E-state index contributed by atoms with van der Waals surface area (Å²) in [7, 11) is 0. The van der Waals surface area contributed by atoms with E-state index >= 15 is 0 Å². The number of hydrogen-bond donors (Lipinski definition) is 1. The number of nitrogens with two attached hydrogens (primary N) is 1. The summed E-state index contributed by atoms with van der Waals surface area (Å²) < 4.78 is 5.62. The molecule has 4 heteroatoms. The van der Waals surface area contributed by atoms with Gasteiger partial charge in [-0.3, -0.25) is 4.79 Å². The van der Waals surface area contributed by atoms with Crippen molar-refractivity contribution in [3.63, 3.8) is 0 Å². The van der Waals surface area contributed by atoms with Crippen molar-refractivity contribution in [1.82, 2.24) is 4.90 Å². The minimum Gasteiger partial charge on any atom is -0.494 e. The van der Waals surface area contributed by atoms with Gasteiger partial charge >= 0.3 is 0 Å². The highest BCUT2D eigenvalue weighted by Crippen LogP contribution is 2.24. The molecule has 2 atom stereocenters. The van der Waals surface area contributed by atoms with Crippen molar-refractivity contribution in [2.24, 2.45) is 11.7 Å². The van der Waals surface area contributed by atoms with Gasteiger partial charge in [0.25, 0.3) is 5.91 Å². The first-order valence-electron chi connectivity index (χ1n) is 7.89. The number of ether oxygens (including phenoxy) is 1. The van der Waals surface area contributed by atoms with Crippen LogP contribution in [-0.2, 0) is 0 Å². The number of nitrogens with zero attached hydrogens (tertiary/aromatic N) is 1. The molecule has 1 amide bonds. The van der Waals surface area contributed by atoms with E-state index in [1.54, 1.807) is 0 Å². The normalized spacial score (nSPS) is 21.6. The molecule has 4 nitrogen and oxygen atoms in total. The van der Waals surface area contributed by atoms with E-state index < -0.39 is 0 Å². The van der Waals surface area contributed by atoms with Gasteiger partial charge in [0.15, 0.2) is 0 Å². The molecule has 1 aliphatic rings. The van der Waals surface area contributed by atoms with Crippen LogP contribution in [-0.4, -0.2) is 36.5 Å². The van der Waals surface area contributed by atoms with Crippen molar-refractivity contribution in [3.8, 4) is 5.75 Å². The van der Waals surface area contributed by atoms with Gasteiger partial charge in [0.05, 0.1) is 6.61 Å². The Morgan fingerprint density at radius 3 is 2.67 bits per heavy atom. The molecule has 0 saturated carbocycles. The lowest BCUT2D eigenvalue weighted by Crippen LogP contribution is -2.34. The fourth-order valence-electron chi connectivity index (χ4n) is 2.79. The Hall–Kier alpha value is -1.55. The van der Waals surface area contributed by atoms with Gasteiger partial charge in [-0.05, 0) is 56.5 Å². The average Bonchev–Trinajstić information content (AvgIpc) is 2.89. The summed E-state index contributed by atoms with van der Waals surface area (Å²) in [5.41, 5.74) is 6.44. The van der Waals surface area contributed by atoms with Crippen LogP contribution in [0.4, 0.5) is 0 Å². The molecular formula is C17H26N2O2. The standard InChI is InChI=1S/C17H26N2O2/c1-3-4-9-21-16-7-5-15(6-8-16)17(20)19-12-14(11-18)10-13(19)2/h5-8,13-14H,3-4,9-12,18H2,1-2H3. The van der Waals surface area contributed by atoms with E-state index in [0.29, 0.717) is 12.5 Å². The van der Waals surface area contributed by atoms with E-state index in [2.05, 4.69) is 13.8 Å². The third-order valence-corrected chi connectivity index (χ3v) is 4.12. The van der Waals surface area contributed by atoms with E-state index in [1.807, 2.05) is 29.2 Å². The minimum atomic E-state index is 0.0959. The fraction of sp³-hybridized carbons (Fsp3) is 0.588. The molecular weight excluding hydrogens is 264 g/mol. The average molecular weight is 290 g/mol. The predicted molar refractivity (Wildman–Crippen MR) is 84.5 cm³/mol. The Bertz CT molecular complexity index is 458. The van der Waals surface area contributed by atoms with Crippen LogP contribution < -0.4 is 10.5 Å². The summed E-state index contributed by atoms with van der Waals surface area (Å²) in [6, 6.07) is 7.73. The second-order valence-corrected chi connectivity index (χ2v) is 5.87. The molecule has 1 aromatic carbocycles. The zero-order valence-corrected chi connectivity index (χ0v) is 13.0. The summed E-state index contributed by atoms with van der Waals surface area (Å²) in [6.45, 7) is 6.38. The Balaban J connectivity index is 1.96. The van der Waals surface area contributed by atoms with E-state index in [1.165, 1.54) is 0 Å². The highest BCUT2D eigenvalue weighted by molar-refractivity contribution is 5.94. The first-order chi connectivity index (χ1) is 10.2. The third-order valence-electron chi connectivity index (χ3n) is 4.12. The molecule has 0 aliphatic carbocycles. The molecule has 0 radical (unpaired) electrons. The molecule has 2 rings (SSSR count). The van der Waals surface area contributed by atoms with Gasteiger partial charge in [-0.2, -0.15) is 0 Å². The molecule has 1 saturated heterocycles. The molecule has 1 heterocycles. The maximum atomic E-state index is 12.5. The Morgan fingerprint density at radius 1 is 1.38 bits per heavy atom. The number of carbonyl (C=O) groups excluding carboxylic acids is 1. The van der Waals surface area contributed by atoms with E-state index in [0.717, 1.165) is 43.7 Å². The number of unbranched alkanes of at least 4 members (excludes halogenated alkanes) is 1. The Labute approximate surface area is 127 Å². The summed E-state index contributed by atoms with van der Waals surface area (Å²) in [5.74, 6) is 1.36. The summed E-state index contributed by atoms with van der Waals surface area (Å²) in [4.78, 5) is 14.5. The lowest BCUT2D eigenvalue weighted by molar-refractivity contribution is 0.0743. The molecule has 0 aromatic heterocycles. The van der Waals surface area contributed by atoms with Crippen molar-refractivity contribution < 1.29 is 9.53 Å². The van der Waals surface area contributed by atoms with Crippen molar-refractivity contribution in [2.75, 3.05) is 19.7 Å². The zero-order valence-electron chi connectivity index (χ0n) is 13.0. The van der Waals surface area contributed by atoms with Crippen molar-refractivity contribution in [3.05, 3.63) is 29.8 Å². The van der Waals surface area contributed by atoms with Crippen LogP contribution in [0.5, 0.6) is 5.75 Å². The summed E-state index contributed by atoms with van der Waals surface area (Å²) >= 11 is 0. The third kappa shape index (κ3) is 3.97. The largest absolute Gasteiger partial charge is 0.494 e. The van der Waals surface area contributed by atoms with Crippen LogP contribution in [0.2, 0.25) is 0 Å². The first-order valence-corrected chi connectivity index (χ1v) is 7.89. The number of carbonyl (C=O) groups is 1. The quantitative estimate of drug-likeness (QED) is 0.820. The van der Waals surface area contributed by atoms with E-state index in [4.69, 9.17) is 10.5 Å². The molecule has 21 heavy (non-hydrogen) atoms. The zero-order chi connectivity index (χ0) is 15.2. The van der Waals surface area contributed by atoms with Gasteiger partial charge in [-0.15, -0.1) is 0 Å². The molecule has 0 bridgehead atoms. The van der Waals surface area contributed by atoms with Gasteiger partial charge in [-0.1, -0.05) is 13.3 Å². The smallest absolute Gasteiger partial charge is 0.254 e. The second-order valence-electron chi connectivity index (χ2n) is 5.87. The number of rotatable bonds is 6. The van der Waals surface area contributed by atoms with E-state index in [9.17, 15) is 4.79 Å². The number of benzene rings is 1. The van der Waals surface area contributed by atoms with Crippen LogP contribution in [0, 0.1) is 5.92 Å². The molecule has 116 valence electrons. The van der Waals surface area contributed by atoms with Gasteiger partial charge in [0.2, 0.25) is 0 Å². The van der Waals surface area contributed by atoms with Crippen molar-refractivity contribution in [2.45, 2.75) is 39.2 Å². The summed E-state index contributed by atoms with van der Waals surface area (Å²) in [6.07, 6.45) is 3.17. The molecule has 2 unspecified atom stereocenters. The lowest BCUT2D eigenvalue weighted by atomic mass is 10.1. The van der Waals surface area contributed by atoms with Crippen LogP contribution >= 0.6 is 0 Å². The number of amides is 1. The van der Waals surface area contributed by atoms with Gasteiger partial charge in [-0.25, -0.2) is 0 Å². The van der Waals surface area contributed by atoms with Crippen LogP contribution in [0.1, 0.15) is 43.5 Å². The predicted octanol–water partition coefficient (Wildman–Crippen LogP) is 2.67. The summed E-state index contributed by atoms with van der Waals surface area (Å²) in [5, 5.41) is 0. The lowest BCUT2D eigenvalue weighted by Gasteiger charge is -2.21. The van der Waals surface area contributed by atoms with Gasteiger partial charge in [0.1, 0.15) is 5.75 Å². The van der Waals surface area contributed by atoms with Crippen molar-refractivity contribution >= 4 is 5.91 Å². The highest BCUT2D eigenvalue weighted by Gasteiger charge is 2.31. The maximum absolute atomic E-state index is 12.5. The number of hydrogen-bond acceptors (Lipinski definition) is 3. The molecule has 2 N–H and O–H groups in total. The van der Waals surface area contributed by atoms with Crippen LogP contribution in [0.15, 0.2) is 24.3 Å². The van der Waals surface area contributed by atoms with Crippen LogP contribution in [0.25, 0.3) is 0 Å². The van der Waals surface area contributed by atoms with E-state index in [-0.39, 0.29) is 11.9 Å². The Morgan fingerprint density at radius 2 is 2.10 bits per heavy atom. The molecule has 0 spiro atoms. The monoisotopic (exact) mass is 290 g/mol. The van der Waals surface area contributed by atoms with Crippen molar-refractivity contribution in [1.29, 1.82) is 0 Å². The Kier molecular flexibility index (Phi) is 5.62. The number of likely N-dealkylation sites (tertiary alicyclic amines) is 1. The maximum Gasteiger partial charge on any atom is 0.254 e. The van der Waals surface area contributed by atoms with Crippen LogP contribution in [0.3, 0.4) is 0 Å². The topological polar surface area (TPSA) is 55.6 Å². The van der Waals surface area contributed by atoms with Gasteiger partial charge < -0.3 is 15.4 Å². The molecule has 1 fully saturated rings.